The molecule has 1 unspecified atom stereocenters. The summed E-state index contributed by atoms with van der Waals surface area (Å²) in [4.78, 5) is 15.7. The van der Waals surface area contributed by atoms with E-state index < -0.39 is 0 Å². The minimum atomic E-state index is -0.349. The molecule has 1 aromatic carbocycles. The lowest BCUT2D eigenvalue weighted by molar-refractivity contribution is -0.0837. The maximum absolute atomic E-state index is 13.0. The second-order valence-electron chi connectivity index (χ2n) is 5.95. The van der Waals surface area contributed by atoms with Gasteiger partial charge in [0.15, 0.2) is 0 Å². The lowest BCUT2D eigenvalue weighted by atomic mass is 9.98. The molecular weight excluding hydrogens is 259 g/mol. The van der Waals surface area contributed by atoms with Gasteiger partial charge in [0.2, 0.25) is 0 Å². The molecule has 0 saturated carbocycles. The van der Waals surface area contributed by atoms with Crippen molar-refractivity contribution < 1.29 is 13.9 Å². The van der Waals surface area contributed by atoms with Gasteiger partial charge in [0.05, 0.1) is 18.7 Å². The minimum absolute atomic E-state index is 0.0367. The zero-order valence-corrected chi connectivity index (χ0v) is 12.4. The maximum Gasteiger partial charge on any atom is 0.320 e. The van der Waals surface area contributed by atoms with Crippen LogP contribution in [0.3, 0.4) is 0 Å². The standard InChI is InChI=1S/C15H21FN2O2/c1-15(2)10-20-13(9-18(15)14(19)17(3)4)11-5-7-12(16)8-6-11/h5-8,13H,9-10H2,1-4H3. The predicted octanol–water partition coefficient (Wildman–Crippen LogP) is 2.66. The van der Waals surface area contributed by atoms with Gasteiger partial charge in [-0.05, 0) is 31.5 Å². The molecule has 1 atom stereocenters. The lowest BCUT2D eigenvalue weighted by Gasteiger charge is -2.46. The summed E-state index contributed by atoms with van der Waals surface area (Å²) in [6, 6.07) is 6.20. The summed E-state index contributed by atoms with van der Waals surface area (Å²) < 4.78 is 18.8. The van der Waals surface area contributed by atoms with E-state index in [0.29, 0.717) is 13.2 Å². The molecule has 1 aliphatic rings. The third-order valence-electron chi connectivity index (χ3n) is 3.57. The predicted molar refractivity (Wildman–Crippen MR) is 75.0 cm³/mol. The number of amides is 2. The number of halogens is 1. The molecule has 0 aliphatic carbocycles. The lowest BCUT2D eigenvalue weighted by Crippen LogP contribution is -2.58. The Hall–Kier alpha value is -1.62. The van der Waals surface area contributed by atoms with E-state index in [2.05, 4.69) is 0 Å². The molecule has 110 valence electrons. The maximum atomic E-state index is 13.0. The van der Waals surface area contributed by atoms with Crippen LogP contribution >= 0.6 is 0 Å². The van der Waals surface area contributed by atoms with E-state index in [0.717, 1.165) is 5.56 Å². The number of carbonyl (C=O) groups is 1. The van der Waals surface area contributed by atoms with E-state index in [4.69, 9.17) is 4.74 Å². The van der Waals surface area contributed by atoms with Gasteiger partial charge < -0.3 is 14.5 Å². The minimum Gasteiger partial charge on any atom is -0.369 e. The van der Waals surface area contributed by atoms with E-state index in [9.17, 15) is 9.18 Å². The number of rotatable bonds is 1. The van der Waals surface area contributed by atoms with E-state index >= 15 is 0 Å². The van der Waals surface area contributed by atoms with Crippen molar-refractivity contribution in [2.45, 2.75) is 25.5 Å². The average molecular weight is 280 g/mol. The fourth-order valence-corrected chi connectivity index (χ4v) is 2.31. The van der Waals surface area contributed by atoms with Gasteiger partial charge in [-0.2, -0.15) is 0 Å². The SMILES string of the molecule is CN(C)C(=O)N1CC(c2ccc(F)cc2)OCC1(C)C. The largest absolute Gasteiger partial charge is 0.369 e. The fourth-order valence-electron chi connectivity index (χ4n) is 2.31. The van der Waals surface area contributed by atoms with Crippen LogP contribution in [0.1, 0.15) is 25.5 Å². The van der Waals surface area contributed by atoms with Crippen molar-refractivity contribution in [3.05, 3.63) is 35.6 Å². The van der Waals surface area contributed by atoms with Gasteiger partial charge in [-0.15, -0.1) is 0 Å². The number of urea groups is 1. The number of hydrogen-bond donors (Lipinski definition) is 0. The molecule has 0 bridgehead atoms. The van der Waals surface area contributed by atoms with E-state index in [1.165, 1.54) is 12.1 Å². The monoisotopic (exact) mass is 280 g/mol. The highest BCUT2D eigenvalue weighted by Gasteiger charge is 2.39. The van der Waals surface area contributed by atoms with Crippen LogP contribution < -0.4 is 0 Å². The van der Waals surface area contributed by atoms with E-state index in [1.807, 2.05) is 18.7 Å². The number of carbonyl (C=O) groups excluding carboxylic acids is 1. The van der Waals surface area contributed by atoms with Gasteiger partial charge in [-0.1, -0.05) is 12.1 Å². The van der Waals surface area contributed by atoms with Gasteiger partial charge in [-0.3, -0.25) is 0 Å². The van der Waals surface area contributed by atoms with Crippen molar-refractivity contribution in [1.82, 2.24) is 9.80 Å². The van der Waals surface area contributed by atoms with Crippen molar-refractivity contribution >= 4 is 6.03 Å². The average Bonchev–Trinajstić information content (AvgIpc) is 2.39. The fraction of sp³-hybridized carbons (Fsp3) is 0.533. The van der Waals surface area contributed by atoms with Crippen molar-refractivity contribution in [2.24, 2.45) is 0 Å². The molecule has 1 saturated heterocycles. The quantitative estimate of drug-likeness (QED) is 0.792. The first-order valence-corrected chi connectivity index (χ1v) is 6.67. The van der Waals surface area contributed by atoms with Crippen LogP contribution in [0, 0.1) is 5.82 Å². The summed E-state index contributed by atoms with van der Waals surface area (Å²) in [7, 11) is 3.47. The van der Waals surface area contributed by atoms with Crippen molar-refractivity contribution in [3.63, 3.8) is 0 Å². The Morgan fingerprint density at radius 2 is 1.95 bits per heavy atom. The number of morpholine rings is 1. The number of nitrogens with zero attached hydrogens (tertiary/aromatic N) is 2. The van der Waals surface area contributed by atoms with Gasteiger partial charge in [0.25, 0.3) is 0 Å². The van der Waals surface area contributed by atoms with Crippen LogP contribution in [-0.4, -0.2) is 48.6 Å². The molecule has 1 aliphatic heterocycles. The van der Waals surface area contributed by atoms with E-state index in [-0.39, 0.29) is 23.5 Å². The van der Waals surface area contributed by atoms with Gasteiger partial charge in [0, 0.05) is 14.1 Å². The van der Waals surface area contributed by atoms with Crippen molar-refractivity contribution in [3.8, 4) is 0 Å². The van der Waals surface area contributed by atoms with Gasteiger partial charge in [0.1, 0.15) is 11.9 Å². The van der Waals surface area contributed by atoms with Crippen molar-refractivity contribution in [2.75, 3.05) is 27.2 Å². The van der Waals surface area contributed by atoms with Crippen LogP contribution in [0.15, 0.2) is 24.3 Å². The zero-order chi connectivity index (χ0) is 14.9. The topological polar surface area (TPSA) is 32.8 Å². The van der Waals surface area contributed by atoms with Crippen LogP contribution in [0.2, 0.25) is 0 Å². The number of benzene rings is 1. The molecule has 4 nitrogen and oxygen atoms in total. The first-order chi connectivity index (χ1) is 9.31. The molecule has 1 aromatic rings. The molecule has 0 spiro atoms. The highest BCUT2D eigenvalue weighted by atomic mass is 19.1. The Kier molecular flexibility index (Phi) is 3.99. The summed E-state index contributed by atoms with van der Waals surface area (Å²) in [6.07, 6.45) is -0.215. The van der Waals surface area contributed by atoms with Crippen LogP contribution in [-0.2, 0) is 4.74 Å². The van der Waals surface area contributed by atoms with Crippen molar-refractivity contribution in [1.29, 1.82) is 0 Å². The molecular formula is C15H21FN2O2. The summed E-state index contributed by atoms with van der Waals surface area (Å²) in [6.45, 7) is 4.88. The van der Waals surface area contributed by atoms with Gasteiger partial charge >= 0.3 is 6.03 Å². The van der Waals surface area contributed by atoms with Crippen LogP contribution in [0.4, 0.5) is 9.18 Å². The Bertz CT molecular complexity index is 485. The molecule has 0 N–H and O–H groups in total. The first kappa shape index (κ1) is 14.8. The molecule has 1 heterocycles. The molecule has 0 aromatic heterocycles. The molecule has 1 fully saturated rings. The van der Waals surface area contributed by atoms with Gasteiger partial charge in [-0.25, -0.2) is 9.18 Å². The van der Waals surface area contributed by atoms with Crippen LogP contribution in [0.25, 0.3) is 0 Å². The Morgan fingerprint density at radius 1 is 1.35 bits per heavy atom. The highest BCUT2D eigenvalue weighted by molar-refractivity contribution is 5.75. The normalized spacial score (nSPS) is 21.6. The van der Waals surface area contributed by atoms with E-state index in [1.54, 1.807) is 31.1 Å². The number of ether oxygens (including phenoxy) is 1. The molecule has 20 heavy (non-hydrogen) atoms. The smallest absolute Gasteiger partial charge is 0.320 e. The highest BCUT2D eigenvalue weighted by Crippen LogP contribution is 2.30. The third kappa shape index (κ3) is 2.93. The third-order valence-corrected chi connectivity index (χ3v) is 3.57. The Labute approximate surface area is 119 Å². The molecule has 0 radical (unpaired) electrons. The molecule has 2 amide bonds. The Morgan fingerprint density at radius 3 is 2.50 bits per heavy atom. The first-order valence-electron chi connectivity index (χ1n) is 6.67. The number of hydrogen-bond acceptors (Lipinski definition) is 2. The zero-order valence-electron chi connectivity index (χ0n) is 12.4. The Balaban J connectivity index is 2.20. The summed E-state index contributed by atoms with van der Waals surface area (Å²) in [5, 5.41) is 0. The summed E-state index contributed by atoms with van der Waals surface area (Å²) in [5.74, 6) is -0.272. The summed E-state index contributed by atoms with van der Waals surface area (Å²) in [5.41, 5.74) is 0.538. The molecule has 2 rings (SSSR count). The molecule has 5 heteroatoms. The summed E-state index contributed by atoms with van der Waals surface area (Å²) >= 11 is 0. The van der Waals surface area contributed by atoms with Crippen LogP contribution in [0.5, 0.6) is 0 Å². The second-order valence-corrected chi connectivity index (χ2v) is 5.95. The second kappa shape index (κ2) is 5.40.